The molecule has 0 spiro atoms. The third-order valence-corrected chi connectivity index (χ3v) is 2.34. The zero-order valence-corrected chi connectivity index (χ0v) is 10.3. The number of benzene rings is 1. The van der Waals surface area contributed by atoms with Gasteiger partial charge in [-0.25, -0.2) is 4.98 Å². The van der Waals surface area contributed by atoms with Gasteiger partial charge in [0.25, 0.3) is 0 Å². The molecule has 1 aromatic carbocycles. The lowest BCUT2D eigenvalue weighted by Crippen LogP contribution is -2.06. The van der Waals surface area contributed by atoms with Crippen LogP contribution in [-0.2, 0) is 11.3 Å². The van der Waals surface area contributed by atoms with Crippen LogP contribution in [0.2, 0.25) is 0 Å². The van der Waals surface area contributed by atoms with Gasteiger partial charge in [0.1, 0.15) is 5.82 Å². The molecule has 6 heteroatoms. The van der Waals surface area contributed by atoms with E-state index in [1.54, 1.807) is 0 Å². The number of aromatic nitrogens is 3. The Labute approximate surface area is 105 Å². The molecule has 1 aromatic heterocycles. The normalized spacial score (nSPS) is 10.3. The molecule has 6 nitrogen and oxygen atoms in total. The topological polar surface area (TPSA) is 82.7 Å². The number of rotatable bonds is 4. The first-order chi connectivity index (χ1) is 8.69. The van der Waals surface area contributed by atoms with Crippen LogP contribution in [0.15, 0.2) is 24.3 Å². The molecule has 1 heterocycles. The van der Waals surface area contributed by atoms with Gasteiger partial charge in [0, 0.05) is 18.2 Å². The summed E-state index contributed by atoms with van der Waals surface area (Å²) >= 11 is 0. The summed E-state index contributed by atoms with van der Waals surface area (Å²) in [5.74, 6) is 1.35. The van der Waals surface area contributed by atoms with Crippen LogP contribution < -0.4 is 10.6 Å². The summed E-state index contributed by atoms with van der Waals surface area (Å²) in [4.78, 5) is 15.2. The van der Waals surface area contributed by atoms with E-state index < -0.39 is 0 Å². The van der Waals surface area contributed by atoms with Gasteiger partial charge in [-0.1, -0.05) is 0 Å². The Balaban J connectivity index is 2.15. The first-order valence-electron chi connectivity index (χ1n) is 5.63. The highest BCUT2D eigenvalue weighted by Gasteiger charge is 2.05. The largest absolute Gasteiger partial charge is 0.326 e. The molecule has 94 valence electrons. The second-order valence-corrected chi connectivity index (χ2v) is 3.89. The summed E-state index contributed by atoms with van der Waals surface area (Å²) in [6, 6.07) is 7.39. The number of aromatic amines is 1. The van der Waals surface area contributed by atoms with Crippen molar-refractivity contribution in [2.75, 3.05) is 12.4 Å². The smallest absolute Gasteiger partial charge is 0.221 e. The van der Waals surface area contributed by atoms with E-state index in [4.69, 9.17) is 0 Å². The molecule has 2 aromatic rings. The van der Waals surface area contributed by atoms with E-state index >= 15 is 0 Å². The number of H-pyrrole nitrogens is 1. The summed E-state index contributed by atoms with van der Waals surface area (Å²) < 4.78 is 0. The molecule has 0 bridgehead atoms. The van der Waals surface area contributed by atoms with Crippen LogP contribution in [0.25, 0.3) is 11.4 Å². The van der Waals surface area contributed by atoms with Crippen molar-refractivity contribution < 1.29 is 4.79 Å². The SMILES string of the molecule is CNCc1nc(-c2ccc(NC(C)=O)cc2)n[nH]1. The maximum absolute atomic E-state index is 10.9. The quantitative estimate of drug-likeness (QED) is 0.754. The van der Waals surface area contributed by atoms with Crippen LogP contribution >= 0.6 is 0 Å². The maximum atomic E-state index is 10.9. The molecule has 0 atom stereocenters. The Morgan fingerprint density at radius 1 is 1.33 bits per heavy atom. The van der Waals surface area contributed by atoms with Gasteiger partial charge in [-0.05, 0) is 31.3 Å². The Hall–Kier alpha value is -2.21. The summed E-state index contributed by atoms with van der Waals surface area (Å²) in [5.41, 5.74) is 1.67. The number of anilines is 1. The lowest BCUT2D eigenvalue weighted by molar-refractivity contribution is -0.114. The third kappa shape index (κ3) is 2.92. The van der Waals surface area contributed by atoms with Crippen molar-refractivity contribution in [3.05, 3.63) is 30.1 Å². The molecule has 0 unspecified atom stereocenters. The fourth-order valence-electron chi connectivity index (χ4n) is 1.58. The lowest BCUT2D eigenvalue weighted by atomic mass is 10.2. The molecule has 0 radical (unpaired) electrons. The molecule has 1 amide bonds. The van der Waals surface area contributed by atoms with E-state index in [9.17, 15) is 4.79 Å². The van der Waals surface area contributed by atoms with Gasteiger partial charge >= 0.3 is 0 Å². The van der Waals surface area contributed by atoms with Crippen LogP contribution in [-0.4, -0.2) is 28.1 Å². The fourth-order valence-corrected chi connectivity index (χ4v) is 1.58. The highest BCUT2D eigenvalue weighted by atomic mass is 16.1. The van der Waals surface area contributed by atoms with E-state index in [1.807, 2.05) is 31.3 Å². The second kappa shape index (κ2) is 5.42. The number of hydrogen-bond donors (Lipinski definition) is 3. The number of carbonyl (C=O) groups excluding carboxylic acids is 1. The zero-order chi connectivity index (χ0) is 13.0. The molecular weight excluding hydrogens is 230 g/mol. The van der Waals surface area contributed by atoms with Crippen LogP contribution in [0.5, 0.6) is 0 Å². The van der Waals surface area contributed by atoms with Crippen molar-refractivity contribution in [1.82, 2.24) is 20.5 Å². The molecule has 3 N–H and O–H groups in total. The number of carbonyl (C=O) groups is 1. The van der Waals surface area contributed by atoms with Crippen molar-refractivity contribution in [1.29, 1.82) is 0 Å². The molecular formula is C12H15N5O. The van der Waals surface area contributed by atoms with Crippen LogP contribution in [0.1, 0.15) is 12.7 Å². The van der Waals surface area contributed by atoms with Gasteiger partial charge in [0.05, 0.1) is 6.54 Å². The van der Waals surface area contributed by atoms with E-state index in [-0.39, 0.29) is 5.91 Å². The van der Waals surface area contributed by atoms with Gasteiger partial charge in [-0.3, -0.25) is 9.89 Å². The van der Waals surface area contributed by atoms with E-state index in [1.165, 1.54) is 6.92 Å². The molecule has 0 aliphatic carbocycles. The van der Waals surface area contributed by atoms with Crippen molar-refractivity contribution in [3.63, 3.8) is 0 Å². The highest BCUT2D eigenvalue weighted by Crippen LogP contribution is 2.17. The standard InChI is InChI=1S/C12H15N5O/c1-8(18)14-10-5-3-9(4-6-10)12-15-11(7-13-2)16-17-12/h3-6,13H,7H2,1-2H3,(H,14,18)(H,15,16,17). The summed E-state index contributed by atoms with van der Waals surface area (Å²) in [7, 11) is 1.85. The van der Waals surface area contributed by atoms with Gasteiger partial charge in [-0.15, -0.1) is 0 Å². The molecule has 0 aliphatic heterocycles. The predicted octanol–water partition coefficient (Wildman–Crippen LogP) is 1.15. The number of nitrogens with one attached hydrogen (secondary N) is 3. The molecule has 0 fully saturated rings. The van der Waals surface area contributed by atoms with Gasteiger partial charge < -0.3 is 10.6 Å². The summed E-state index contributed by atoms with van der Waals surface area (Å²) in [5, 5.41) is 12.7. The molecule has 0 saturated heterocycles. The Bertz CT molecular complexity index is 532. The van der Waals surface area contributed by atoms with Crippen LogP contribution in [0.4, 0.5) is 5.69 Å². The maximum Gasteiger partial charge on any atom is 0.221 e. The Morgan fingerprint density at radius 2 is 2.06 bits per heavy atom. The molecule has 2 rings (SSSR count). The minimum atomic E-state index is -0.0862. The predicted molar refractivity (Wildman–Crippen MR) is 68.9 cm³/mol. The monoisotopic (exact) mass is 245 g/mol. The third-order valence-electron chi connectivity index (χ3n) is 2.34. The highest BCUT2D eigenvalue weighted by molar-refractivity contribution is 5.88. The van der Waals surface area contributed by atoms with E-state index in [0.717, 1.165) is 17.1 Å². The first kappa shape index (κ1) is 12.3. The van der Waals surface area contributed by atoms with Crippen molar-refractivity contribution in [3.8, 4) is 11.4 Å². The molecule has 0 saturated carbocycles. The Morgan fingerprint density at radius 3 is 2.67 bits per heavy atom. The van der Waals surface area contributed by atoms with E-state index in [0.29, 0.717) is 12.4 Å². The summed E-state index contributed by atoms with van der Waals surface area (Å²) in [6.07, 6.45) is 0. The van der Waals surface area contributed by atoms with E-state index in [2.05, 4.69) is 25.8 Å². The number of hydrogen-bond acceptors (Lipinski definition) is 4. The van der Waals surface area contributed by atoms with Gasteiger partial charge in [-0.2, -0.15) is 5.10 Å². The number of amides is 1. The van der Waals surface area contributed by atoms with Crippen LogP contribution in [0.3, 0.4) is 0 Å². The average molecular weight is 245 g/mol. The van der Waals surface area contributed by atoms with Crippen molar-refractivity contribution in [2.24, 2.45) is 0 Å². The fraction of sp³-hybridized carbons (Fsp3) is 0.250. The Kier molecular flexibility index (Phi) is 3.69. The van der Waals surface area contributed by atoms with Crippen molar-refractivity contribution in [2.45, 2.75) is 13.5 Å². The van der Waals surface area contributed by atoms with Crippen LogP contribution in [0, 0.1) is 0 Å². The second-order valence-electron chi connectivity index (χ2n) is 3.89. The average Bonchev–Trinajstić information content (AvgIpc) is 2.78. The summed E-state index contributed by atoms with van der Waals surface area (Å²) in [6.45, 7) is 2.13. The van der Waals surface area contributed by atoms with Crippen molar-refractivity contribution >= 4 is 11.6 Å². The zero-order valence-electron chi connectivity index (χ0n) is 10.3. The minimum absolute atomic E-state index is 0.0862. The van der Waals surface area contributed by atoms with Gasteiger partial charge in [0.15, 0.2) is 5.82 Å². The molecule has 0 aliphatic rings. The minimum Gasteiger partial charge on any atom is -0.326 e. The number of nitrogens with zero attached hydrogens (tertiary/aromatic N) is 2. The first-order valence-corrected chi connectivity index (χ1v) is 5.63. The lowest BCUT2D eigenvalue weighted by Gasteiger charge is -2.01. The molecule has 18 heavy (non-hydrogen) atoms. The van der Waals surface area contributed by atoms with Gasteiger partial charge in [0.2, 0.25) is 5.91 Å².